The number of likely N-dealkylation sites (N-methyl/N-ethyl adjacent to an activating group) is 1. The van der Waals surface area contributed by atoms with Crippen LogP contribution in [0, 0.1) is 6.92 Å². The summed E-state index contributed by atoms with van der Waals surface area (Å²) in [6.07, 6.45) is 1.17. The van der Waals surface area contributed by atoms with Crippen LogP contribution in [0.1, 0.15) is 29.7 Å². The first-order valence-electron chi connectivity index (χ1n) is 5.84. The number of benzene rings is 1. The van der Waals surface area contributed by atoms with Crippen molar-refractivity contribution in [2.45, 2.75) is 26.3 Å². The molecule has 1 aromatic rings. The molecule has 2 heteroatoms. The van der Waals surface area contributed by atoms with E-state index in [0.29, 0.717) is 6.04 Å². The van der Waals surface area contributed by atoms with Crippen molar-refractivity contribution in [3.63, 3.8) is 0 Å². The van der Waals surface area contributed by atoms with Gasteiger partial charge in [0.2, 0.25) is 0 Å². The van der Waals surface area contributed by atoms with E-state index in [4.69, 9.17) is 0 Å². The molecule has 1 unspecified atom stereocenters. The lowest BCUT2D eigenvalue weighted by Crippen LogP contribution is -2.36. The Kier molecular flexibility index (Phi) is 3.39. The molecule has 0 saturated heterocycles. The summed E-state index contributed by atoms with van der Waals surface area (Å²) >= 11 is 0. The Morgan fingerprint density at radius 1 is 1.47 bits per heavy atom. The highest BCUT2D eigenvalue weighted by atomic mass is 15.0. The summed E-state index contributed by atoms with van der Waals surface area (Å²) in [5.41, 5.74) is 4.38. The first-order valence-corrected chi connectivity index (χ1v) is 5.84. The predicted octanol–water partition coefficient (Wildman–Crippen LogP) is 1.79. The first-order chi connectivity index (χ1) is 7.31. The molecule has 0 fully saturated rings. The van der Waals surface area contributed by atoms with E-state index >= 15 is 0 Å². The molecule has 1 aliphatic rings. The van der Waals surface area contributed by atoms with Crippen LogP contribution in [0.5, 0.6) is 0 Å². The molecule has 1 heterocycles. The van der Waals surface area contributed by atoms with Crippen molar-refractivity contribution in [1.82, 2.24) is 10.6 Å². The van der Waals surface area contributed by atoms with E-state index in [2.05, 4.69) is 42.7 Å². The van der Waals surface area contributed by atoms with Gasteiger partial charge in [-0.2, -0.15) is 0 Å². The molecule has 2 rings (SSSR count). The Morgan fingerprint density at radius 3 is 3.13 bits per heavy atom. The lowest BCUT2D eigenvalue weighted by Gasteiger charge is -2.27. The van der Waals surface area contributed by atoms with Crippen molar-refractivity contribution < 1.29 is 0 Å². The van der Waals surface area contributed by atoms with E-state index < -0.39 is 0 Å². The lowest BCUT2D eigenvalue weighted by atomic mass is 9.93. The second-order valence-corrected chi connectivity index (χ2v) is 4.27. The summed E-state index contributed by atoms with van der Waals surface area (Å²) in [5, 5.41) is 6.98. The molecule has 2 N–H and O–H groups in total. The summed E-state index contributed by atoms with van der Waals surface area (Å²) < 4.78 is 0. The molecule has 1 aromatic carbocycles. The van der Waals surface area contributed by atoms with Gasteiger partial charge in [0.1, 0.15) is 0 Å². The molecular formula is C13H20N2. The van der Waals surface area contributed by atoms with Crippen LogP contribution in [0.3, 0.4) is 0 Å². The monoisotopic (exact) mass is 204 g/mol. The largest absolute Gasteiger partial charge is 0.315 e. The van der Waals surface area contributed by atoms with Gasteiger partial charge in [-0.05, 0) is 37.6 Å². The third kappa shape index (κ3) is 2.39. The Hall–Kier alpha value is -0.860. The Balaban J connectivity index is 2.18. The van der Waals surface area contributed by atoms with Crippen LogP contribution in [-0.4, -0.2) is 19.6 Å². The summed E-state index contributed by atoms with van der Waals surface area (Å²) in [5.74, 6) is 0. The fraction of sp³-hybridized carbons (Fsp3) is 0.538. The van der Waals surface area contributed by atoms with Gasteiger partial charge in [0.25, 0.3) is 0 Å². The van der Waals surface area contributed by atoms with Crippen LogP contribution in [0.25, 0.3) is 0 Å². The van der Waals surface area contributed by atoms with Gasteiger partial charge in [0.05, 0.1) is 0 Å². The van der Waals surface area contributed by atoms with E-state index in [9.17, 15) is 0 Å². The van der Waals surface area contributed by atoms with Gasteiger partial charge in [0, 0.05) is 12.6 Å². The smallest absolute Gasteiger partial charge is 0.0449 e. The van der Waals surface area contributed by atoms with Crippen molar-refractivity contribution in [3.05, 3.63) is 34.9 Å². The van der Waals surface area contributed by atoms with E-state index in [1.807, 2.05) is 0 Å². The normalized spacial score (nSPS) is 20.0. The summed E-state index contributed by atoms with van der Waals surface area (Å²) in [7, 11) is 0. The van der Waals surface area contributed by atoms with Gasteiger partial charge in [-0.3, -0.25) is 0 Å². The van der Waals surface area contributed by atoms with Gasteiger partial charge in [-0.1, -0.05) is 30.7 Å². The molecule has 1 aliphatic heterocycles. The first kappa shape index (κ1) is 10.7. The van der Waals surface area contributed by atoms with Crippen molar-refractivity contribution in [2.24, 2.45) is 0 Å². The molecule has 0 saturated carbocycles. The number of nitrogens with one attached hydrogen (secondary N) is 2. The molecular weight excluding hydrogens is 184 g/mol. The molecule has 2 nitrogen and oxygen atoms in total. The van der Waals surface area contributed by atoms with Crippen LogP contribution < -0.4 is 10.6 Å². The van der Waals surface area contributed by atoms with Crippen molar-refractivity contribution in [3.8, 4) is 0 Å². The van der Waals surface area contributed by atoms with E-state index in [1.54, 1.807) is 0 Å². The van der Waals surface area contributed by atoms with Gasteiger partial charge in [0.15, 0.2) is 0 Å². The molecule has 0 spiro atoms. The van der Waals surface area contributed by atoms with Crippen LogP contribution >= 0.6 is 0 Å². The third-order valence-corrected chi connectivity index (χ3v) is 3.06. The van der Waals surface area contributed by atoms with Gasteiger partial charge in [-0.15, -0.1) is 0 Å². The maximum atomic E-state index is 3.57. The zero-order valence-electron chi connectivity index (χ0n) is 9.64. The van der Waals surface area contributed by atoms with Gasteiger partial charge >= 0.3 is 0 Å². The minimum Gasteiger partial charge on any atom is -0.315 e. The van der Waals surface area contributed by atoms with Gasteiger partial charge < -0.3 is 10.6 Å². The standard InChI is InChI=1S/C13H20N2/c1-3-14-9-13-12-5-4-10(2)8-11(12)6-7-15-13/h4-5,8,13-15H,3,6-7,9H2,1-2H3. The van der Waals surface area contributed by atoms with Crippen LogP contribution in [0.15, 0.2) is 18.2 Å². The Morgan fingerprint density at radius 2 is 2.33 bits per heavy atom. The second kappa shape index (κ2) is 4.77. The molecule has 15 heavy (non-hydrogen) atoms. The molecule has 0 amide bonds. The average molecular weight is 204 g/mol. The topological polar surface area (TPSA) is 24.1 Å². The number of aryl methyl sites for hydroxylation is 1. The minimum absolute atomic E-state index is 0.495. The van der Waals surface area contributed by atoms with Crippen LogP contribution in [0.2, 0.25) is 0 Å². The molecule has 0 bridgehead atoms. The molecule has 82 valence electrons. The van der Waals surface area contributed by atoms with E-state index in [-0.39, 0.29) is 0 Å². The highest BCUT2D eigenvalue weighted by Crippen LogP contribution is 2.23. The molecule has 0 aliphatic carbocycles. The Labute approximate surface area is 92.1 Å². The average Bonchev–Trinajstić information content (AvgIpc) is 2.25. The fourth-order valence-electron chi connectivity index (χ4n) is 2.25. The minimum atomic E-state index is 0.495. The number of hydrogen-bond donors (Lipinski definition) is 2. The SMILES string of the molecule is CCNCC1NCCc2cc(C)ccc21. The molecule has 0 radical (unpaired) electrons. The predicted molar refractivity (Wildman–Crippen MR) is 64.2 cm³/mol. The number of fused-ring (bicyclic) bond motifs is 1. The maximum absolute atomic E-state index is 3.57. The lowest BCUT2D eigenvalue weighted by molar-refractivity contribution is 0.474. The van der Waals surface area contributed by atoms with Crippen LogP contribution in [-0.2, 0) is 6.42 Å². The summed E-state index contributed by atoms with van der Waals surface area (Å²) in [6, 6.07) is 7.31. The fourth-order valence-corrected chi connectivity index (χ4v) is 2.25. The number of rotatable bonds is 3. The Bertz CT molecular complexity index is 333. The second-order valence-electron chi connectivity index (χ2n) is 4.27. The van der Waals surface area contributed by atoms with E-state index in [0.717, 1.165) is 19.6 Å². The number of hydrogen-bond acceptors (Lipinski definition) is 2. The quantitative estimate of drug-likeness (QED) is 0.784. The highest BCUT2D eigenvalue weighted by Gasteiger charge is 2.18. The third-order valence-electron chi connectivity index (χ3n) is 3.06. The van der Waals surface area contributed by atoms with Gasteiger partial charge in [-0.25, -0.2) is 0 Å². The van der Waals surface area contributed by atoms with Crippen molar-refractivity contribution >= 4 is 0 Å². The van der Waals surface area contributed by atoms with E-state index in [1.165, 1.54) is 23.1 Å². The summed E-state index contributed by atoms with van der Waals surface area (Å²) in [6.45, 7) is 7.50. The van der Waals surface area contributed by atoms with Crippen molar-refractivity contribution in [1.29, 1.82) is 0 Å². The molecule has 0 aromatic heterocycles. The van der Waals surface area contributed by atoms with Crippen LogP contribution in [0.4, 0.5) is 0 Å². The zero-order chi connectivity index (χ0) is 10.7. The maximum Gasteiger partial charge on any atom is 0.0449 e. The zero-order valence-corrected chi connectivity index (χ0v) is 9.64. The highest BCUT2D eigenvalue weighted by molar-refractivity contribution is 5.36. The molecule has 1 atom stereocenters. The summed E-state index contributed by atoms with van der Waals surface area (Å²) in [4.78, 5) is 0. The van der Waals surface area contributed by atoms with Crippen molar-refractivity contribution in [2.75, 3.05) is 19.6 Å².